The van der Waals surface area contributed by atoms with Crippen LogP contribution in [0, 0.1) is 0 Å². The van der Waals surface area contributed by atoms with Crippen LogP contribution in [0.2, 0.25) is 0 Å². The summed E-state index contributed by atoms with van der Waals surface area (Å²) in [6.45, 7) is 0.620. The predicted molar refractivity (Wildman–Crippen MR) is 48.6 cm³/mol. The van der Waals surface area contributed by atoms with Crippen LogP contribution in [0.4, 0.5) is 5.69 Å². The first-order valence-corrected chi connectivity index (χ1v) is 4.08. The highest BCUT2D eigenvalue weighted by Gasteiger charge is 2.21. The standard InChI is InChI=1S/C9H10N2O2/c10-6-2-1-5-3-4-11-9(13)7(5)8(6)12/h1-2,12H,3-4,10H2,(H,11,13). The van der Waals surface area contributed by atoms with Gasteiger partial charge in [0.25, 0.3) is 5.91 Å². The van der Waals surface area contributed by atoms with Crippen LogP contribution in [-0.2, 0) is 6.42 Å². The molecular weight excluding hydrogens is 168 g/mol. The molecule has 0 aliphatic carbocycles. The van der Waals surface area contributed by atoms with Crippen molar-refractivity contribution in [3.63, 3.8) is 0 Å². The fraction of sp³-hybridized carbons (Fsp3) is 0.222. The number of anilines is 1. The number of hydrogen-bond donors (Lipinski definition) is 3. The molecule has 1 aliphatic heterocycles. The number of phenols is 1. The molecule has 0 atom stereocenters. The van der Waals surface area contributed by atoms with Gasteiger partial charge in [-0.1, -0.05) is 6.07 Å². The second-order valence-electron chi connectivity index (χ2n) is 3.04. The maximum Gasteiger partial charge on any atom is 0.255 e. The van der Waals surface area contributed by atoms with Crippen LogP contribution in [0.5, 0.6) is 5.75 Å². The number of rotatable bonds is 0. The zero-order valence-electron chi connectivity index (χ0n) is 7.00. The molecule has 0 unspecified atom stereocenters. The molecule has 1 amide bonds. The van der Waals surface area contributed by atoms with Gasteiger partial charge < -0.3 is 16.2 Å². The predicted octanol–water partition coefficient (Wildman–Crippen LogP) is 0.260. The van der Waals surface area contributed by atoms with Crippen molar-refractivity contribution < 1.29 is 9.90 Å². The molecule has 13 heavy (non-hydrogen) atoms. The quantitative estimate of drug-likeness (QED) is 0.394. The summed E-state index contributed by atoms with van der Waals surface area (Å²) in [6.07, 6.45) is 0.745. The van der Waals surface area contributed by atoms with Crippen LogP contribution in [0.15, 0.2) is 12.1 Å². The van der Waals surface area contributed by atoms with Crippen LogP contribution in [0.25, 0.3) is 0 Å². The van der Waals surface area contributed by atoms with Gasteiger partial charge >= 0.3 is 0 Å². The van der Waals surface area contributed by atoms with Gasteiger partial charge in [-0.2, -0.15) is 0 Å². The van der Waals surface area contributed by atoms with Crippen molar-refractivity contribution in [2.24, 2.45) is 0 Å². The maximum atomic E-state index is 11.3. The molecule has 68 valence electrons. The molecule has 1 aliphatic rings. The van der Waals surface area contributed by atoms with Crippen molar-refractivity contribution in [2.45, 2.75) is 6.42 Å². The fourth-order valence-electron chi connectivity index (χ4n) is 1.51. The van der Waals surface area contributed by atoms with Crippen LogP contribution in [-0.4, -0.2) is 17.6 Å². The lowest BCUT2D eigenvalue weighted by molar-refractivity contribution is 0.0943. The summed E-state index contributed by atoms with van der Waals surface area (Å²) in [6, 6.07) is 3.40. The van der Waals surface area contributed by atoms with Gasteiger partial charge in [-0.3, -0.25) is 4.79 Å². The molecule has 0 saturated carbocycles. The van der Waals surface area contributed by atoms with Gasteiger partial charge in [0.1, 0.15) is 0 Å². The number of amides is 1. The molecule has 1 aromatic carbocycles. The maximum absolute atomic E-state index is 11.3. The van der Waals surface area contributed by atoms with Gasteiger partial charge in [-0.05, 0) is 18.1 Å². The lowest BCUT2D eigenvalue weighted by atomic mass is 9.99. The average Bonchev–Trinajstić information content (AvgIpc) is 2.12. The van der Waals surface area contributed by atoms with E-state index in [1.165, 1.54) is 0 Å². The van der Waals surface area contributed by atoms with Gasteiger partial charge in [0.2, 0.25) is 0 Å². The van der Waals surface area contributed by atoms with E-state index < -0.39 is 0 Å². The lowest BCUT2D eigenvalue weighted by Gasteiger charge is -2.17. The first kappa shape index (κ1) is 7.91. The van der Waals surface area contributed by atoms with Crippen molar-refractivity contribution >= 4 is 11.6 Å². The number of fused-ring (bicyclic) bond motifs is 1. The van der Waals surface area contributed by atoms with E-state index >= 15 is 0 Å². The van der Waals surface area contributed by atoms with Crippen molar-refractivity contribution in [3.8, 4) is 5.75 Å². The molecule has 0 aromatic heterocycles. The molecule has 4 heteroatoms. The normalized spacial score (nSPS) is 14.9. The minimum absolute atomic E-state index is 0.102. The Morgan fingerprint density at radius 2 is 2.23 bits per heavy atom. The third-order valence-corrected chi connectivity index (χ3v) is 2.20. The monoisotopic (exact) mass is 178 g/mol. The molecule has 0 saturated heterocycles. The first-order chi connectivity index (χ1) is 6.20. The highest BCUT2D eigenvalue weighted by atomic mass is 16.3. The number of carbonyl (C=O) groups is 1. The zero-order valence-corrected chi connectivity index (χ0v) is 7.00. The number of nitrogens with two attached hydrogens (primary N) is 1. The van der Waals surface area contributed by atoms with Gasteiger partial charge in [0, 0.05) is 6.54 Å². The van der Waals surface area contributed by atoms with Gasteiger partial charge in [0.15, 0.2) is 5.75 Å². The summed E-state index contributed by atoms with van der Waals surface area (Å²) in [5.41, 5.74) is 6.90. The summed E-state index contributed by atoms with van der Waals surface area (Å²) in [5.74, 6) is -0.347. The number of carbonyl (C=O) groups excluding carboxylic acids is 1. The second kappa shape index (κ2) is 2.65. The van der Waals surface area contributed by atoms with Crippen molar-refractivity contribution in [1.29, 1.82) is 0 Å². The van der Waals surface area contributed by atoms with Crippen molar-refractivity contribution in [3.05, 3.63) is 23.3 Å². The molecule has 1 heterocycles. The van der Waals surface area contributed by atoms with Gasteiger partial charge in [-0.25, -0.2) is 0 Å². The lowest BCUT2D eigenvalue weighted by Crippen LogP contribution is -2.31. The van der Waals surface area contributed by atoms with E-state index in [1.54, 1.807) is 12.1 Å². The molecule has 0 radical (unpaired) electrons. The first-order valence-electron chi connectivity index (χ1n) is 4.08. The molecule has 4 nitrogen and oxygen atoms in total. The third-order valence-electron chi connectivity index (χ3n) is 2.20. The number of nitrogen functional groups attached to an aromatic ring is 1. The largest absolute Gasteiger partial charge is 0.505 e. The Morgan fingerprint density at radius 3 is 3.00 bits per heavy atom. The molecule has 0 fully saturated rings. The Bertz CT molecular complexity index is 374. The number of aromatic hydroxyl groups is 1. The molecule has 4 N–H and O–H groups in total. The minimum Gasteiger partial charge on any atom is -0.505 e. The van der Waals surface area contributed by atoms with Crippen LogP contribution >= 0.6 is 0 Å². The summed E-state index contributed by atoms with van der Waals surface area (Å²) in [4.78, 5) is 11.3. The summed E-state index contributed by atoms with van der Waals surface area (Å²) >= 11 is 0. The van der Waals surface area contributed by atoms with E-state index in [1.807, 2.05) is 0 Å². The Morgan fingerprint density at radius 1 is 1.46 bits per heavy atom. The molecule has 0 spiro atoms. The highest BCUT2D eigenvalue weighted by Crippen LogP contribution is 2.29. The Hall–Kier alpha value is -1.71. The fourth-order valence-corrected chi connectivity index (χ4v) is 1.51. The summed E-state index contributed by atoms with van der Waals surface area (Å²) < 4.78 is 0. The van der Waals surface area contributed by atoms with E-state index in [2.05, 4.69) is 5.32 Å². The van der Waals surface area contributed by atoms with Gasteiger partial charge in [0.05, 0.1) is 11.3 Å². The van der Waals surface area contributed by atoms with Crippen LogP contribution in [0.1, 0.15) is 15.9 Å². The van der Waals surface area contributed by atoms with E-state index in [-0.39, 0.29) is 17.3 Å². The molecule has 2 rings (SSSR count). The summed E-state index contributed by atoms with van der Waals surface area (Å²) in [5, 5.41) is 12.2. The van der Waals surface area contributed by atoms with E-state index in [4.69, 9.17) is 5.73 Å². The number of nitrogens with one attached hydrogen (secondary N) is 1. The van der Waals surface area contributed by atoms with E-state index in [9.17, 15) is 9.90 Å². The SMILES string of the molecule is Nc1ccc2c(c1O)C(=O)NCC2. The summed E-state index contributed by atoms with van der Waals surface area (Å²) in [7, 11) is 0. The Labute approximate surface area is 75.4 Å². The van der Waals surface area contributed by atoms with Gasteiger partial charge in [-0.15, -0.1) is 0 Å². The highest BCUT2D eigenvalue weighted by molar-refractivity contribution is 6.00. The Balaban J connectivity index is 2.65. The minimum atomic E-state index is -0.244. The smallest absolute Gasteiger partial charge is 0.255 e. The molecule has 0 bridgehead atoms. The topological polar surface area (TPSA) is 75.3 Å². The van der Waals surface area contributed by atoms with Crippen molar-refractivity contribution in [1.82, 2.24) is 5.32 Å². The number of benzene rings is 1. The van der Waals surface area contributed by atoms with Crippen molar-refractivity contribution in [2.75, 3.05) is 12.3 Å². The van der Waals surface area contributed by atoms with Crippen LogP contribution < -0.4 is 11.1 Å². The second-order valence-corrected chi connectivity index (χ2v) is 3.04. The number of hydrogen-bond acceptors (Lipinski definition) is 3. The molecule has 1 aromatic rings. The average molecular weight is 178 g/mol. The van der Waals surface area contributed by atoms with E-state index in [0.29, 0.717) is 12.1 Å². The molecular formula is C9H10N2O2. The van der Waals surface area contributed by atoms with E-state index in [0.717, 1.165) is 12.0 Å². The zero-order chi connectivity index (χ0) is 9.42. The van der Waals surface area contributed by atoms with Crippen LogP contribution in [0.3, 0.4) is 0 Å². The Kier molecular flexibility index (Phi) is 1.62. The number of phenolic OH excluding ortho intramolecular Hbond substituents is 1. The third kappa shape index (κ3) is 1.11.